The Kier molecular flexibility index (Phi) is 4.64. The van der Waals surface area contributed by atoms with Crippen molar-refractivity contribution in [1.82, 2.24) is 4.90 Å². The molecule has 1 aliphatic heterocycles. The molecular formula is C15H17Cl2N3O3. The minimum Gasteiger partial charge on any atom is -0.367 e. The van der Waals surface area contributed by atoms with Crippen LogP contribution in [0.25, 0.3) is 0 Å². The number of amides is 1. The molecule has 0 aromatic heterocycles. The molecule has 3 rings (SSSR count). The third-order valence-corrected chi connectivity index (χ3v) is 4.84. The minimum absolute atomic E-state index is 0.121. The molecule has 2 fully saturated rings. The first kappa shape index (κ1) is 16.3. The molecule has 23 heavy (non-hydrogen) atoms. The van der Waals surface area contributed by atoms with Crippen molar-refractivity contribution in [2.75, 3.05) is 31.1 Å². The molecule has 0 atom stereocenters. The van der Waals surface area contributed by atoms with E-state index in [9.17, 15) is 14.9 Å². The Morgan fingerprint density at radius 3 is 2.35 bits per heavy atom. The van der Waals surface area contributed by atoms with Gasteiger partial charge in [-0.25, -0.2) is 0 Å². The molecule has 1 heterocycles. The predicted molar refractivity (Wildman–Crippen MR) is 89.3 cm³/mol. The largest absolute Gasteiger partial charge is 0.367 e. The topological polar surface area (TPSA) is 66.7 Å². The lowest BCUT2D eigenvalue weighted by molar-refractivity contribution is -0.384. The maximum atomic E-state index is 12.2. The smallest absolute Gasteiger partial charge is 0.272 e. The maximum absolute atomic E-state index is 12.2. The van der Waals surface area contributed by atoms with E-state index in [1.165, 1.54) is 12.1 Å². The first-order valence-electron chi connectivity index (χ1n) is 7.64. The third-order valence-electron chi connectivity index (χ3n) is 4.26. The van der Waals surface area contributed by atoms with Crippen LogP contribution in [0.1, 0.15) is 19.3 Å². The lowest BCUT2D eigenvalue weighted by Crippen LogP contribution is -2.36. The van der Waals surface area contributed by atoms with Gasteiger partial charge in [-0.05, 0) is 19.3 Å². The van der Waals surface area contributed by atoms with Crippen molar-refractivity contribution in [2.24, 2.45) is 5.92 Å². The second-order valence-corrected chi connectivity index (χ2v) is 6.77. The van der Waals surface area contributed by atoms with Crippen molar-refractivity contribution in [1.29, 1.82) is 0 Å². The van der Waals surface area contributed by atoms with E-state index in [0.717, 1.165) is 25.8 Å². The number of rotatable bonds is 3. The summed E-state index contributed by atoms with van der Waals surface area (Å²) >= 11 is 12.4. The van der Waals surface area contributed by atoms with E-state index in [2.05, 4.69) is 0 Å². The van der Waals surface area contributed by atoms with E-state index in [1.54, 1.807) is 0 Å². The van der Waals surface area contributed by atoms with Gasteiger partial charge in [-0.1, -0.05) is 23.2 Å². The van der Waals surface area contributed by atoms with E-state index in [1.807, 2.05) is 9.80 Å². The van der Waals surface area contributed by atoms with Crippen LogP contribution >= 0.6 is 23.2 Å². The summed E-state index contributed by atoms with van der Waals surface area (Å²) in [7, 11) is 0. The number of benzene rings is 1. The molecule has 8 heteroatoms. The van der Waals surface area contributed by atoms with E-state index in [-0.39, 0.29) is 27.6 Å². The molecule has 6 nitrogen and oxygen atoms in total. The van der Waals surface area contributed by atoms with E-state index < -0.39 is 4.92 Å². The normalized spacial score (nSPS) is 18.7. The molecule has 1 aromatic rings. The molecule has 0 spiro atoms. The van der Waals surface area contributed by atoms with Crippen LogP contribution in [-0.4, -0.2) is 41.9 Å². The SMILES string of the molecule is O=C(C1CC1)N1CCCN(c2c(Cl)cc([N+](=O)[O-])cc2Cl)CC1. The van der Waals surface area contributed by atoms with Gasteiger partial charge < -0.3 is 9.80 Å². The van der Waals surface area contributed by atoms with Crippen molar-refractivity contribution in [3.05, 3.63) is 32.3 Å². The molecule has 1 aliphatic carbocycles. The average molecular weight is 358 g/mol. The zero-order chi connectivity index (χ0) is 16.6. The standard InChI is InChI=1S/C15H17Cl2N3O3/c16-12-8-11(20(22)23)9-13(17)14(12)18-4-1-5-19(7-6-18)15(21)10-2-3-10/h8-10H,1-7H2. The molecule has 0 unspecified atom stereocenters. The van der Waals surface area contributed by atoms with Gasteiger partial charge in [-0.15, -0.1) is 0 Å². The Hall–Kier alpha value is -1.53. The number of carbonyl (C=O) groups is 1. The van der Waals surface area contributed by atoms with Gasteiger partial charge in [0.25, 0.3) is 5.69 Å². The van der Waals surface area contributed by atoms with Gasteiger partial charge in [0.2, 0.25) is 5.91 Å². The highest BCUT2D eigenvalue weighted by Gasteiger charge is 2.34. The van der Waals surface area contributed by atoms with Crippen LogP contribution < -0.4 is 4.90 Å². The van der Waals surface area contributed by atoms with Crippen LogP contribution in [-0.2, 0) is 4.79 Å². The Morgan fingerprint density at radius 2 is 1.78 bits per heavy atom. The van der Waals surface area contributed by atoms with Gasteiger partial charge in [-0.3, -0.25) is 14.9 Å². The molecule has 0 N–H and O–H groups in total. The predicted octanol–water partition coefficient (Wildman–Crippen LogP) is 3.35. The average Bonchev–Trinajstić information content (AvgIpc) is 3.33. The van der Waals surface area contributed by atoms with Gasteiger partial charge in [0.1, 0.15) is 0 Å². The lowest BCUT2D eigenvalue weighted by atomic mass is 10.2. The van der Waals surface area contributed by atoms with Gasteiger partial charge in [0, 0.05) is 44.2 Å². The summed E-state index contributed by atoms with van der Waals surface area (Å²) < 4.78 is 0. The number of hydrogen-bond acceptors (Lipinski definition) is 4. The molecule has 1 saturated heterocycles. The van der Waals surface area contributed by atoms with Crippen LogP contribution in [0.5, 0.6) is 0 Å². The number of nitro benzene ring substituents is 1. The first-order valence-corrected chi connectivity index (χ1v) is 8.40. The summed E-state index contributed by atoms with van der Waals surface area (Å²) in [5, 5.41) is 11.4. The number of halogens is 2. The summed E-state index contributed by atoms with van der Waals surface area (Å²) in [5.41, 5.74) is 0.490. The second-order valence-electron chi connectivity index (χ2n) is 5.96. The fraction of sp³-hybridized carbons (Fsp3) is 0.533. The fourth-order valence-corrected chi connectivity index (χ4v) is 3.62. The van der Waals surface area contributed by atoms with Crippen molar-refractivity contribution in [3.8, 4) is 0 Å². The molecule has 1 saturated carbocycles. The number of carbonyl (C=O) groups excluding carboxylic acids is 1. The summed E-state index contributed by atoms with van der Waals surface area (Å²) in [5.74, 6) is 0.459. The summed E-state index contributed by atoms with van der Waals surface area (Å²) in [4.78, 5) is 26.5. The Balaban J connectivity index is 1.77. The first-order chi connectivity index (χ1) is 11.0. The minimum atomic E-state index is -0.514. The lowest BCUT2D eigenvalue weighted by Gasteiger charge is -2.25. The number of hydrogen-bond donors (Lipinski definition) is 0. The Morgan fingerprint density at radius 1 is 1.13 bits per heavy atom. The van der Waals surface area contributed by atoms with Crippen molar-refractivity contribution in [3.63, 3.8) is 0 Å². The van der Waals surface area contributed by atoms with Crippen LogP contribution in [0.4, 0.5) is 11.4 Å². The molecule has 0 bridgehead atoms. The number of nitro groups is 1. The molecule has 1 aromatic carbocycles. The molecular weight excluding hydrogens is 341 g/mol. The van der Waals surface area contributed by atoms with Gasteiger partial charge in [0.05, 0.1) is 20.7 Å². The molecule has 124 valence electrons. The second kappa shape index (κ2) is 6.53. The van der Waals surface area contributed by atoms with Crippen LogP contribution in [0.3, 0.4) is 0 Å². The summed E-state index contributed by atoms with van der Waals surface area (Å²) in [6.07, 6.45) is 2.82. The van der Waals surface area contributed by atoms with Gasteiger partial charge in [0.15, 0.2) is 0 Å². The Labute approximate surface area is 144 Å². The van der Waals surface area contributed by atoms with Crippen molar-refractivity contribution >= 4 is 40.5 Å². The van der Waals surface area contributed by atoms with Crippen LogP contribution in [0.2, 0.25) is 10.0 Å². The number of non-ortho nitro benzene ring substituents is 1. The highest BCUT2D eigenvalue weighted by Crippen LogP contribution is 2.38. The van der Waals surface area contributed by atoms with Crippen molar-refractivity contribution in [2.45, 2.75) is 19.3 Å². The fourth-order valence-electron chi connectivity index (χ4n) is 2.91. The van der Waals surface area contributed by atoms with Gasteiger partial charge in [-0.2, -0.15) is 0 Å². The third kappa shape index (κ3) is 3.53. The highest BCUT2D eigenvalue weighted by atomic mass is 35.5. The Bertz CT molecular complexity index is 626. The zero-order valence-corrected chi connectivity index (χ0v) is 14.0. The van der Waals surface area contributed by atoms with Crippen LogP contribution in [0, 0.1) is 16.0 Å². The monoisotopic (exact) mass is 357 g/mol. The number of anilines is 1. The summed E-state index contributed by atoms with van der Waals surface area (Å²) in [6, 6.07) is 2.64. The van der Waals surface area contributed by atoms with Crippen LogP contribution in [0.15, 0.2) is 12.1 Å². The molecule has 2 aliphatic rings. The number of nitrogens with zero attached hydrogens (tertiary/aromatic N) is 3. The van der Waals surface area contributed by atoms with E-state index in [0.29, 0.717) is 25.3 Å². The zero-order valence-electron chi connectivity index (χ0n) is 12.5. The quantitative estimate of drug-likeness (QED) is 0.614. The maximum Gasteiger partial charge on any atom is 0.272 e. The molecule has 0 radical (unpaired) electrons. The molecule has 1 amide bonds. The summed E-state index contributed by atoms with van der Waals surface area (Å²) in [6.45, 7) is 2.69. The van der Waals surface area contributed by atoms with E-state index >= 15 is 0 Å². The van der Waals surface area contributed by atoms with Crippen molar-refractivity contribution < 1.29 is 9.72 Å². The van der Waals surface area contributed by atoms with Gasteiger partial charge >= 0.3 is 0 Å². The highest BCUT2D eigenvalue weighted by molar-refractivity contribution is 6.39. The van der Waals surface area contributed by atoms with E-state index in [4.69, 9.17) is 23.2 Å².